The molecule has 1 unspecified atom stereocenters. The first-order valence-corrected chi connectivity index (χ1v) is 7.51. The number of halogens is 1. The topological polar surface area (TPSA) is 29.9 Å². The third kappa shape index (κ3) is 4.53. The highest BCUT2D eigenvalue weighted by Gasteiger charge is 2.18. The third-order valence-electron chi connectivity index (χ3n) is 2.50. The monoisotopic (exact) mass is 275 g/mol. The molecule has 3 nitrogen and oxygen atoms in total. The van der Waals surface area contributed by atoms with E-state index in [2.05, 4.69) is 31.2 Å². The van der Waals surface area contributed by atoms with E-state index in [0.717, 1.165) is 29.4 Å². The van der Waals surface area contributed by atoms with Crippen molar-refractivity contribution in [2.24, 2.45) is 7.05 Å². The van der Waals surface area contributed by atoms with Crippen LogP contribution in [0.15, 0.2) is 6.20 Å². The summed E-state index contributed by atoms with van der Waals surface area (Å²) in [7, 11) is 1.95. The van der Waals surface area contributed by atoms with Crippen LogP contribution in [0.3, 0.4) is 0 Å². The zero-order chi connectivity index (χ0) is 12.8. The Kier molecular flexibility index (Phi) is 6.38. The molecule has 1 aromatic heterocycles. The number of nitrogens with zero attached hydrogens (tertiary/aromatic N) is 2. The smallest absolute Gasteiger partial charge is 0.0834 e. The van der Waals surface area contributed by atoms with E-state index in [4.69, 9.17) is 11.6 Å². The van der Waals surface area contributed by atoms with Crippen LogP contribution in [0.5, 0.6) is 0 Å². The fraction of sp³-hybridized carbons (Fsp3) is 0.750. The summed E-state index contributed by atoms with van der Waals surface area (Å²) in [5.41, 5.74) is 1.09. The van der Waals surface area contributed by atoms with Gasteiger partial charge in [-0.15, -0.1) is 0 Å². The molecule has 1 rings (SSSR count). The molecule has 5 heteroatoms. The number of thioether (sulfide) groups is 1. The summed E-state index contributed by atoms with van der Waals surface area (Å²) < 4.78 is 1.87. The second-order valence-corrected chi connectivity index (χ2v) is 6.41. The second kappa shape index (κ2) is 7.29. The van der Waals surface area contributed by atoms with Gasteiger partial charge in [-0.25, -0.2) is 0 Å². The van der Waals surface area contributed by atoms with Crippen LogP contribution in [0.25, 0.3) is 0 Å². The van der Waals surface area contributed by atoms with E-state index in [1.165, 1.54) is 0 Å². The van der Waals surface area contributed by atoms with Crippen LogP contribution in [0, 0.1) is 0 Å². The van der Waals surface area contributed by atoms with Crippen LogP contribution in [0.4, 0.5) is 0 Å². The predicted molar refractivity (Wildman–Crippen MR) is 76.8 cm³/mol. The summed E-state index contributed by atoms with van der Waals surface area (Å²) >= 11 is 8.14. The van der Waals surface area contributed by atoms with Crippen LogP contribution in [-0.4, -0.2) is 27.3 Å². The summed E-state index contributed by atoms with van der Waals surface area (Å²) in [4.78, 5) is 0. The number of rotatable bonds is 7. The van der Waals surface area contributed by atoms with Gasteiger partial charge in [0.2, 0.25) is 0 Å². The normalized spacial score (nSPS) is 13.3. The van der Waals surface area contributed by atoms with Gasteiger partial charge >= 0.3 is 0 Å². The van der Waals surface area contributed by atoms with Crippen LogP contribution in [0.2, 0.25) is 5.02 Å². The van der Waals surface area contributed by atoms with Gasteiger partial charge in [0.15, 0.2) is 0 Å². The van der Waals surface area contributed by atoms with E-state index in [0.29, 0.717) is 5.25 Å². The summed E-state index contributed by atoms with van der Waals surface area (Å²) in [6.45, 7) is 7.61. The molecule has 0 bridgehead atoms. The Labute approximate surface area is 113 Å². The Hall–Kier alpha value is -0.190. The lowest BCUT2D eigenvalue weighted by Gasteiger charge is -2.20. The SMILES string of the molecule is CCCNC(CSC(C)C)c1c(Cl)cnn1C. The van der Waals surface area contributed by atoms with E-state index in [1.54, 1.807) is 6.20 Å². The quantitative estimate of drug-likeness (QED) is 0.828. The van der Waals surface area contributed by atoms with Crippen LogP contribution < -0.4 is 5.32 Å². The lowest BCUT2D eigenvalue weighted by Crippen LogP contribution is -2.27. The lowest BCUT2D eigenvalue weighted by atomic mass is 10.2. The molecule has 0 spiro atoms. The molecular formula is C12H22ClN3S. The maximum absolute atomic E-state index is 6.20. The number of aryl methyl sites for hydroxylation is 1. The van der Waals surface area contributed by atoms with Crippen molar-refractivity contribution in [3.63, 3.8) is 0 Å². The number of nitrogens with one attached hydrogen (secondary N) is 1. The number of aromatic nitrogens is 2. The van der Waals surface area contributed by atoms with Crippen molar-refractivity contribution in [2.45, 2.75) is 38.5 Å². The fourth-order valence-corrected chi connectivity index (χ4v) is 2.80. The third-order valence-corrected chi connectivity index (χ3v) is 3.99. The average Bonchev–Trinajstić information content (AvgIpc) is 2.60. The summed E-state index contributed by atoms with van der Waals surface area (Å²) in [5.74, 6) is 1.02. The Morgan fingerprint density at radius 3 is 2.71 bits per heavy atom. The molecule has 0 aromatic carbocycles. The highest BCUT2D eigenvalue weighted by molar-refractivity contribution is 7.99. The molecule has 1 aromatic rings. The summed E-state index contributed by atoms with van der Waals surface area (Å²) in [6.07, 6.45) is 2.84. The molecule has 0 aliphatic carbocycles. The molecular weight excluding hydrogens is 254 g/mol. The molecule has 0 amide bonds. The van der Waals surface area contributed by atoms with Crippen molar-refractivity contribution < 1.29 is 0 Å². The summed E-state index contributed by atoms with van der Waals surface area (Å²) in [6, 6.07) is 0.280. The maximum atomic E-state index is 6.20. The van der Waals surface area contributed by atoms with Gasteiger partial charge in [-0.1, -0.05) is 32.4 Å². The highest BCUT2D eigenvalue weighted by atomic mass is 35.5. The Morgan fingerprint density at radius 1 is 1.53 bits per heavy atom. The molecule has 0 fully saturated rings. The van der Waals surface area contributed by atoms with Gasteiger partial charge in [0.1, 0.15) is 0 Å². The first kappa shape index (κ1) is 14.9. The van der Waals surface area contributed by atoms with Crippen LogP contribution >= 0.6 is 23.4 Å². The van der Waals surface area contributed by atoms with Crippen molar-refractivity contribution in [3.8, 4) is 0 Å². The van der Waals surface area contributed by atoms with Gasteiger partial charge in [0, 0.05) is 12.8 Å². The van der Waals surface area contributed by atoms with Gasteiger partial charge < -0.3 is 5.32 Å². The average molecular weight is 276 g/mol. The zero-order valence-electron chi connectivity index (χ0n) is 11.0. The van der Waals surface area contributed by atoms with Gasteiger partial charge in [-0.3, -0.25) is 4.68 Å². The van der Waals surface area contributed by atoms with Gasteiger partial charge in [0.05, 0.1) is 23.0 Å². The van der Waals surface area contributed by atoms with E-state index < -0.39 is 0 Å². The molecule has 1 heterocycles. The minimum atomic E-state index is 0.280. The van der Waals surface area contributed by atoms with Crippen molar-refractivity contribution in [1.82, 2.24) is 15.1 Å². The molecule has 1 N–H and O–H groups in total. The molecule has 17 heavy (non-hydrogen) atoms. The highest BCUT2D eigenvalue weighted by Crippen LogP contribution is 2.26. The minimum absolute atomic E-state index is 0.280. The van der Waals surface area contributed by atoms with Crippen LogP contribution in [-0.2, 0) is 7.05 Å². The Balaban J connectivity index is 2.74. The predicted octanol–water partition coefficient (Wildman–Crippen LogP) is 3.26. The lowest BCUT2D eigenvalue weighted by molar-refractivity contribution is 0.534. The molecule has 98 valence electrons. The Morgan fingerprint density at radius 2 is 2.24 bits per heavy atom. The van der Waals surface area contributed by atoms with Crippen LogP contribution in [0.1, 0.15) is 38.9 Å². The zero-order valence-corrected chi connectivity index (χ0v) is 12.6. The molecule has 0 aliphatic rings. The van der Waals surface area contributed by atoms with Gasteiger partial charge in [0.25, 0.3) is 0 Å². The van der Waals surface area contributed by atoms with Crippen molar-refractivity contribution in [3.05, 3.63) is 16.9 Å². The van der Waals surface area contributed by atoms with Gasteiger partial charge in [-0.2, -0.15) is 16.9 Å². The first-order chi connectivity index (χ1) is 8.06. The number of hydrogen-bond donors (Lipinski definition) is 1. The van der Waals surface area contributed by atoms with Crippen molar-refractivity contribution in [2.75, 3.05) is 12.3 Å². The van der Waals surface area contributed by atoms with Crippen molar-refractivity contribution >= 4 is 23.4 Å². The second-order valence-electron chi connectivity index (χ2n) is 4.39. The van der Waals surface area contributed by atoms with E-state index >= 15 is 0 Å². The van der Waals surface area contributed by atoms with E-state index in [9.17, 15) is 0 Å². The maximum Gasteiger partial charge on any atom is 0.0834 e. The molecule has 0 saturated heterocycles. The summed E-state index contributed by atoms with van der Waals surface area (Å²) in [5, 5.41) is 9.14. The standard InChI is InChI=1S/C12H22ClN3S/c1-5-6-14-11(8-17-9(2)3)12-10(13)7-15-16(12)4/h7,9,11,14H,5-6,8H2,1-4H3. The molecule has 0 aliphatic heterocycles. The number of hydrogen-bond acceptors (Lipinski definition) is 3. The largest absolute Gasteiger partial charge is 0.308 e. The molecule has 0 radical (unpaired) electrons. The molecule has 0 saturated carbocycles. The first-order valence-electron chi connectivity index (χ1n) is 6.08. The fourth-order valence-electron chi connectivity index (χ4n) is 1.65. The molecule has 1 atom stereocenters. The van der Waals surface area contributed by atoms with Gasteiger partial charge in [-0.05, 0) is 18.2 Å². The van der Waals surface area contributed by atoms with E-state index in [1.807, 2.05) is 23.5 Å². The minimum Gasteiger partial charge on any atom is -0.308 e. The Bertz CT molecular complexity index is 319. The van der Waals surface area contributed by atoms with Crippen molar-refractivity contribution in [1.29, 1.82) is 0 Å². The van der Waals surface area contributed by atoms with E-state index in [-0.39, 0.29) is 6.04 Å².